The van der Waals surface area contributed by atoms with E-state index in [0.717, 1.165) is 5.56 Å². The van der Waals surface area contributed by atoms with Crippen molar-refractivity contribution < 1.29 is 38.7 Å². The number of hydrogen-bond donors (Lipinski definition) is 5. The van der Waals surface area contributed by atoms with Gasteiger partial charge in [-0.2, -0.15) is 0 Å². The molecule has 0 bridgehead atoms. The molecule has 0 heterocycles. The fourth-order valence-electron chi connectivity index (χ4n) is 1.81. The molecule has 9 nitrogen and oxygen atoms in total. The monoisotopic (exact) mass is 361 g/mol. The van der Waals surface area contributed by atoms with Crippen molar-refractivity contribution in [1.82, 2.24) is 5.32 Å². The van der Waals surface area contributed by atoms with Crippen molar-refractivity contribution in [3.63, 3.8) is 0 Å². The first-order chi connectivity index (χ1) is 11.2. The number of carbonyl (C=O) groups excluding carboxylic acids is 2. The minimum atomic E-state index is -4.83. The molecule has 0 aliphatic rings. The minimum Gasteiger partial charge on any atom is -0.390 e. The Balaban J connectivity index is 2.29. The van der Waals surface area contributed by atoms with Crippen molar-refractivity contribution in [2.75, 3.05) is 13.2 Å². The number of carbonyl (C=O) groups is 2. The molecule has 0 saturated carbocycles. The molecule has 5 N–H and O–H groups in total. The number of nitrogens with one attached hydrogen (secondary N) is 1. The Hall–Kier alpha value is -1.61. The number of phosphoric acid groups is 1. The van der Waals surface area contributed by atoms with E-state index in [1.165, 1.54) is 0 Å². The van der Waals surface area contributed by atoms with Gasteiger partial charge in [-0.15, -0.1) is 0 Å². The van der Waals surface area contributed by atoms with E-state index in [1.54, 1.807) is 24.3 Å². The molecule has 0 fully saturated rings. The maximum atomic E-state index is 11.7. The molecule has 0 aliphatic heterocycles. The summed E-state index contributed by atoms with van der Waals surface area (Å²) < 4.78 is 14.4. The molecule has 1 aromatic rings. The van der Waals surface area contributed by atoms with Gasteiger partial charge >= 0.3 is 7.82 Å². The van der Waals surface area contributed by atoms with E-state index in [0.29, 0.717) is 0 Å². The van der Waals surface area contributed by atoms with Crippen molar-refractivity contribution in [3.05, 3.63) is 35.9 Å². The third-order valence-electron chi connectivity index (χ3n) is 3.04. The summed E-state index contributed by atoms with van der Waals surface area (Å²) in [6, 6.07) is 9.00. The van der Waals surface area contributed by atoms with Crippen LogP contribution in [0.2, 0.25) is 0 Å². The van der Waals surface area contributed by atoms with Crippen LogP contribution in [0.5, 0.6) is 0 Å². The van der Waals surface area contributed by atoms with Gasteiger partial charge in [-0.3, -0.25) is 14.1 Å². The summed E-state index contributed by atoms with van der Waals surface area (Å²) in [5.41, 5.74) is 0.820. The molecule has 0 aliphatic carbocycles. The molecule has 134 valence electrons. The van der Waals surface area contributed by atoms with Crippen molar-refractivity contribution in [1.29, 1.82) is 0 Å². The first kappa shape index (κ1) is 20.4. The largest absolute Gasteiger partial charge is 0.470 e. The maximum Gasteiger partial charge on any atom is 0.470 e. The zero-order valence-corrected chi connectivity index (χ0v) is 13.6. The van der Waals surface area contributed by atoms with Crippen LogP contribution in [0.3, 0.4) is 0 Å². The lowest BCUT2D eigenvalue weighted by atomic mass is 10.1. The molecule has 1 rings (SSSR count). The molecule has 0 aromatic heterocycles. The Bertz CT molecular complexity index is 588. The zero-order valence-electron chi connectivity index (χ0n) is 12.7. The predicted octanol–water partition coefficient (Wildman–Crippen LogP) is -0.864. The SMILES string of the molecule is O=C(Cc1ccccc1)NCCC(O)[C@H](O)C(=O)COP(=O)(O)O. The first-order valence-electron chi connectivity index (χ1n) is 7.08. The standard InChI is InChI=1S/C14H20NO8P/c16-11(14(19)12(17)9-23-24(20,21)22)6-7-15-13(18)8-10-4-2-1-3-5-10/h1-5,11,14,16,19H,6-9H2,(H,15,18)(H2,20,21,22)/t11?,14-/m0/s1. The highest BCUT2D eigenvalue weighted by molar-refractivity contribution is 7.46. The van der Waals surface area contributed by atoms with E-state index in [2.05, 4.69) is 9.84 Å². The summed E-state index contributed by atoms with van der Waals surface area (Å²) in [5, 5.41) is 21.7. The average molecular weight is 361 g/mol. The predicted molar refractivity (Wildman–Crippen MR) is 82.8 cm³/mol. The second kappa shape index (κ2) is 9.63. The van der Waals surface area contributed by atoms with Crippen molar-refractivity contribution in [2.24, 2.45) is 0 Å². The molecule has 0 saturated heterocycles. The molecule has 1 unspecified atom stereocenters. The highest BCUT2D eigenvalue weighted by Gasteiger charge is 2.26. The van der Waals surface area contributed by atoms with E-state index in [1.807, 2.05) is 6.07 Å². The van der Waals surface area contributed by atoms with E-state index < -0.39 is 32.4 Å². The number of amides is 1. The smallest absolute Gasteiger partial charge is 0.390 e. The molecule has 24 heavy (non-hydrogen) atoms. The fourth-order valence-corrected chi connectivity index (χ4v) is 2.10. The first-order valence-corrected chi connectivity index (χ1v) is 8.61. The van der Waals surface area contributed by atoms with Crippen LogP contribution in [0, 0.1) is 0 Å². The van der Waals surface area contributed by atoms with Gasteiger partial charge in [0.1, 0.15) is 12.7 Å². The molecular formula is C14H20NO8P. The van der Waals surface area contributed by atoms with Crippen molar-refractivity contribution in [2.45, 2.75) is 25.0 Å². The van der Waals surface area contributed by atoms with E-state index >= 15 is 0 Å². The van der Waals surface area contributed by atoms with E-state index in [4.69, 9.17) is 9.79 Å². The van der Waals surface area contributed by atoms with Gasteiger partial charge in [0, 0.05) is 6.54 Å². The number of aliphatic hydroxyl groups excluding tert-OH is 2. The van der Waals surface area contributed by atoms with Gasteiger partial charge in [-0.05, 0) is 12.0 Å². The topological polar surface area (TPSA) is 153 Å². The number of aliphatic hydroxyl groups is 2. The van der Waals surface area contributed by atoms with Gasteiger partial charge in [0.25, 0.3) is 0 Å². The van der Waals surface area contributed by atoms with Crippen LogP contribution >= 0.6 is 7.82 Å². The minimum absolute atomic E-state index is 0.0243. The van der Waals surface area contributed by atoms with Crippen LogP contribution in [0.15, 0.2) is 30.3 Å². The highest BCUT2D eigenvalue weighted by atomic mass is 31.2. The Morgan fingerprint density at radius 1 is 1.17 bits per heavy atom. The molecule has 1 aromatic carbocycles. The number of benzene rings is 1. The lowest BCUT2D eigenvalue weighted by Crippen LogP contribution is -2.38. The molecule has 10 heteroatoms. The maximum absolute atomic E-state index is 11.7. The second-order valence-electron chi connectivity index (χ2n) is 5.04. The third-order valence-corrected chi connectivity index (χ3v) is 3.50. The van der Waals surface area contributed by atoms with E-state index in [9.17, 15) is 24.4 Å². The average Bonchev–Trinajstić information content (AvgIpc) is 2.52. The van der Waals surface area contributed by atoms with Crippen LogP contribution < -0.4 is 5.32 Å². The van der Waals surface area contributed by atoms with Crippen LogP contribution in [0.1, 0.15) is 12.0 Å². The van der Waals surface area contributed by atoms with Gasteiger partial charge < -0.3 is 25.3 Å². The number of Topliss-reactive ketones (excluding diaryl/α,β-unsaturated/α-hetero) is 1. The Morgan fingerprint density at radius 3 is 2.38 bits per heavy atom. The number of phosphoric ester groups is 1. The van der Waals surface area contributed by atoms with Crippen LogP contribution in [0.25, 0.3) is 0 Å². The Kier molecular flexibility index (Phi) is 8.20. The van der Waals surface area contributed by atoms with Crippen LogP contribution in [0.4, 0.5) is 0 Å². The van der Waals surface area contributed by atoms with Gasteiger partial charge in [0.2, 0.25) is 5.91 Å². The summed E-state index contributed by atoms with van der Waals surface area (Å²) >= 11 is 0. The molecule has 2 atom stereocenters. The van der Waals surface area contributed by atoms with Gasteiger partial charge in [0.15, 0.2) is 5.78 Å². The van der Waals surface area contributed by atoms with E-state index in [-0.39, 0.29) is 25.3 Å². The quantitative estimate of drug-likeness (QED) is 0.337. The fraction of sp³-hybridized carbons (Fsp3) is 0.429. The lowest BCUT2D eigenvalue weighted by molar-refractivity contribution is -0.135. The summed E-state index contributed by atoms with van der Waals surface area (Å²) in [6.45, 7) is -1.00. The summed E-state index contributed by atoms with van der Waals surface area (Å²) in [4.78, 5) is 40.0. The van der Waals surface area contributed by atoms with Crippen molar-refractivity contribution in [3.8, 4) is 0 Å². The Labute approximate surface area is 138 Å². The number of rotatable bonds is 10. The third kappa shape index (κ3) is 8.30. The Morgan fingerprint density at radius 2 is 1.79 bits per heavy atom. The summed E-state index contributed by atoms with van der Waals surface area (Å²) in [5.74, 6) is -1.35. The second-order valence-corrected chi connectivity index (χ2v) is 6.28. The van der Waals surface area contributed by atoms with Gasteiger partial charge in [-0.25, -0.2) is 4.57 Å². The van der Waals surface area contributed by atoms with Gasteiger partial charge in [-0.1, -0.05) is 30.3 Å². The van der Waals surface area contributed by atoms with Crippen molar-refractivity contribution >= 4 is 19.5 Å². The molecule has 0 spiro atoms. The summed E-state index contributed by atoms with van der Waals surface area (Å²) in [6.07, 6.45) is -3.30. The molecule has 0 radical (unpaired) electrons. The highest BCUT2D eigenvalue weighted by Crippen LogP contribution is 2.35. The summed E-state index contributed by atoms with van der Waals surface area (Å²) in [7, 11) is -4.83. The zero-order chi connectivity index (χ0) is 18.2. The number of hydrogen-bond acceptors (Lipinski definition) is 6. The lowest BCUT2D eigenvalue weighted by Gasteiger charge is -2.17. The molecule has 1 amide bonds. The molecular weight excluding hydrogens is 341 g/mol. The van der Waals surface area contributed by atoms with Gasteiger partial charge in [0.05, 0.1) is 12.5 Å². The normalized spacial score (nSPS) is 14.0. The number of ketones is 1. The van der Waals surface area contributed by atoms with Crippen LogP contribution in [-0.2, 0) is 25.1 Å². The van der Waals surface area contributed by atoms with Crippen LogP contribution in [-0.4, -0.2) is 57.0 Å².